The first kappa shape index (κ1) is 18.4. The van der Waals surface area contributed by atoms with Crippen LogP contribution in [0.15, 0.2) is 24.3 Å². The number of methoxy groups -OCH3 is 1. The van der Waals surface area contributed by atoms with Crippen molar-refractivity contribution in [2.24, 2.45) is 5.73 Å². The number of carbonyl (C=O) groups is 2. The number of hydrogen-bond donors (Lipinski definition) is 2. The molecule has 3 N–H and O–H groups in total. The van der Waals surface area contributed by atoms with Crippen LogP contribution in [0.2, 0.25) is 0 Å². The van der Waals surface area contributed by atoms with Crippen molar-refractivity contribution in [3.63, 3.8) is 0 Å². The van der Waals surface area contributed by atoms with Crippen LogP contribution in [0.5, 0.6) is 0 Å². The monoisotopic (exact) mass is 334 g/mol. The molecule has 24 heavy (non-hydrogen) atoms. The van der Waals surface area contributed by atoms with Crippen molar-refractivity contribution in [3.8, 4) is 0 Å². The molecule has 0 bridgehead atoms. The first-order valence-corrected chi connectivity index (χ1v) is 8.09. The van der Waals surface area contributed by atoms with E-state index in [9.17, 15) is 9.59 Å². The predicted molar refractivity (Wildman–Crippen MR) is 90.5 cm³/mol. The molecule has 1 aromatic carbocycles. The van der Waals surface area contributed by atoms with Crippen molar-refractivity contribution in [2.75, 3.05) is 13.7 Å². The highest BCUT2D eigenvalue weighted by Crippen LogP contribution is 2.31. The lowest BCUT2D eigenvalue weighted by Gasteiger charge is -2.41. The molecule has 1 unspecified atom stereocenters. The van der Waals surface area contributed by atoms with Gasteiger partial charge in [-0.15, -0.1) is 0 Å². The highest BCUT2D eigenvalue weighted by Gasteiger charge is 2.43. The number of hydrogen-bond acceptors (Lipinski definition) is 5. The minimum Gasteiger partial charge on any atom is -0.465 e. The van der Waals surface area contributed by atoms with E-state index in [2.05, 4.69) is 10.1 Å². The van der Waals surface area contributed by atoms with Gasteiger partial charge in [0.15, 0.2) is 0 Å². The molecule has 6 nitrogen and oxygen atoms in total. The minimum atomic E-state index is -0.929. The molecule has 2 atom stereocenters. The zero-order valence-electron chi connectivity index (χ0n) is 14.7. The summed E-state index contributed by atoms with van der Waals surface area (Å²) in [5.41, 5.74) is 6.37. The zero-order chi connectivity index (χ0) is 18.0. The quantitative estimate of drug-likeness (QED) is 0.821. The Hall–Kier alpha value is -1.92. The van der Waals surface area contributed by atoms with Crippen molar-refractivity contribution in [1.29, 1.82) is 0 Å². The normalized spacial score (nSPS) is 24.0. The molecule has 0 saturated carbocycles. The van der Waals surface area contributed by atoms with Gasteiger partial charge in [0.05, 0.1) is 24.3 Å². The highest BCUT2D eigenvalue weighted by atomic mass is 16.5. The van der Waals surface area contributed by atoms with Gasteiger partial charge in [0.1, 0.15) is 5.54 Å². The summed E-state index contributed by atoms with van der Waals surface area (Å²) < 4.78 is 10.3. The van der Waals surface area contributed by atoms with Crippen LogP contribution < -0.4 is 11.1 Å². The molecule has 1 aliphatic heterocycles. The first-order chi connectivity index (χ1) is 11.2. The van der Waals surface area contributed by atoms with Gasteiger partial charge in [0, 0.05) is 13.0 Å². The van der Waals surface area contributed by atoms with Gasteiger partial charge in [-0.2, -0.15) is 0 Å². The second-order valence-corrected chi connectivity index (χ2v) is 7.00. The average molecular weight is 334 g/mol. The number of nitrogens with one attached hydrogen (secondary N) is 1. The molecular weight excluding hydrogens is 308 g/mol. The highest BCUT2D eigenvalue weighted by molar-refractivity contribution is 5.89. The third kappa shape index (κ3) is 4.13. The Morgan fingerprint density at radius 1 is 1.29 bits per heavy atom. The van der Waals surface area contributed by atoms with Crippen molar-refractivity contribution in [3.05, 3.63) is 35.4 Å². The standard InChI is InChI=1S/C18H26N2O4/c1-12(13-5-7-14(8-6-13)15(21)23-4)20-16(22)18(19)9-10-24-17(2,3)11-18/h5-8,12H,9-11,19H2,1-4H3,(H,20,22)/t12-,18?/m0/s1. The second kappa shape index (κ2) is 6.91. The van der Waals surface area contributed by atoms with E-state index in [1.165, 1.54) is 7.11 Å². The van der Waals surface area contributed by atoms with Gasteiger partial charge in [-0.05, 0) is 44.9 Å². The maximum absolute atomic E-state index is 12.6. The predicted octanol–water partition coefficient (Wildman–Crippen LogP) is 1.94. The van der Waals surface area contributed by atoms with Crippen LogP contribution in [-0.4, -0.2) is 36.7 Å². The lowest BCUT2D eigenvalue weighted by atomic mass is 9.81. The van der Waals surface area contributed by atoms with E-state index >= 15 is 0 Å². The van der Waals surface area contributed by atoms with Gasteiger partial charge in [-0.1, -0.05) is 12.1 Å². The van der Waals surface area contributed by atoms with Crippen molar-refractivity contribution in [2.45, 2.75) is 50.8 Å². The molecule has 2 rings (SSSR count). The molecule has 1 saturated heterocycles. The molecule has 1 fully saturated rings. The third-order valence-electron chi connectivity index (χ3n) is 4.41. The first-order valence-electron chi connectivity index (χ1n) is 8.09. The van der Waals surface area contributed by atoms with E-state index in [0.717, 1.165) is 5.56 Å². The fraction of sp³-hybridized carbons (Fsp3) is 0.556. The second-order valence-electron chi connectivity index (χ2n) is 7.00. The summed E-state index contributed by atoms with van der Waals surface area (Å²) in [7, 11) is 1.34. The van der Waals surface area contributed by atoms with E-state index in [1.54, 1.807) is 24.3 Å². The average Bonchev–Trinajstić information content (AvgIpc) is 2.53. The fourth-order valence-corrected chi connectivity index (χ4v) is 3.05. The number of nitrogens with two attached hydrogens (primary N) is 1. The van der Waals surface area contributed by atoms with Crippen molar-refractivity contribution in [1.82, 2.24) is 5.32 Å². The van der Waals surface area contributed by atoms with E-state index in [0.29, 0.717) is 25.0 Å². The number of amides is 1. The largest absolute Gasteiger partial charge is 0.465 e. The van der Waals surface area contributed by atoms with Crippen LogP contribution in [0.1, 0.15) is 55.6 Å². The number of rotatable bonds is 4. The molecule has 1 aromatic rings. The maximum Gasteiger partial charge on any atom is 0.337 e. The molecule has 6 heteroatoms. The number of ether oxygens (including phenoxy) is 2. The molecule has 132 valence electrons. The summed E-state index contributed by atoms with van der Waals surface area (Å²) in [6, 6.07) is 6.75. The van der Waals surface area contributed by atoms with E-state index in [1.807, 2.05) is 20.8 Å². The molecule has 1 aliphatic rings. The molecule has 0 aromatic heterocycles. The fourth-order valence-electron chi connectivity index (χ4n) is 3.05. The Kier molecular flexibility index (Phi) is 5.30. The summed E-state index contributed by atoms with van der Waals surface area (Å²) in [5.74, 6) is -0.563. The number of esters is 1. The Balaban J connectivity index is 2.04. The van der Waals surface area contributed by atoms with Crippen LogP contribution in [-0.2, 0) is 14.3 Å². The molecule has 0 radical (unpaired) electrons. The van der Waals surface area contributed by atoms with E-state index in [-0.39, 0.29) is 17.9 Å². The SMILES string of the molecule is COC(=O)c1ccc([C@H](C)NC(=O)C2(N)CCOC(C)(C)C2)cc1. The summed E-state index contributed by atoms with van der Waals surface area (Å²) >= 11 is 0. The summed E-state index contributed by atoms with van der Waals surface area (Å²) in [6.45, 7) is 6.24. The van der Waals surface area contributed by atoms with Gasteiger partial charge in [-0.3, -0.25) is 4.79 Å². The van der Waals surface area contributed by atoms with Crippen LogP contribution in [0, 0.1) is 0 Å². The summed E-state index contributed by atoms with van der Waals surface area (Å²) in [6.07, 6.45) is 0.968. The number of benzene rings is 1. The molecule has 1 amide bonds. The van der Waals surface area contributed by atoms with Crippen LogP contribution >= 0.6 is 0 Å². The maximum atomic E-state index is 12.6. The van der Waals surface area contributed by atoms with Crippen LogP contribution in [0.25, 0.3) is 0 Å². The number of carbonyl (C=O) groups excluding carboxylic acids is 2. The van der Waals surface area contributed by atoms with Crippen molar-refractivity contribution < 1.29 is 19.1 Å². The summed E-state index contributed by atoms with van der Waals surface area (Å²) in [4.78, 5) is 24.1. The smallest absolute Gasteiger partial charge is 0.337 e. The molecule has 1 heterocycles. The van der Waals surface area contributed by atoms with E-state index in [4.69, 9.17) is 10.5 Å². The minimum absolute atomic E-state index is 0.177. The third-order valence-corrected chi connectivity index (χ3v) is 4.41. The van der Waals surface area contributed by atoms with Gasteiger partial charge in [0.2, 0.25) is 5.91 Å². The van der Waals surface area contributed by atoms with Crippen LogP contribution in [0.3, 0.4) is 0 Å². The van der Waals surface area contributed by atoms with Gasteiger partial charge in [-0.25, -0.2) is 4.79 Å². The zero-order valence-corrected chi connectivity index (χ0v) is 14.7. The summed E-state index contributed by atoms with van der Waals surface area (Å²) in [5, 5.41) is 2.97. The Labute approximate surface area is 142 Å². The van der Waals surface area contributed by atoms with Crippen molar-refractivity contribution >= 4 is 11.9 Å². The van der Waals surface area contributed by atoms with Gasteiger partial charge >= 0.3 is 5.97 Å². The Bertz CT molecular complexity index is 612. The van der Waals surface area contributed by atoms with Crippen LogP contribution in [0.4, 0.5) is 0 Å². The van der Waals surface area contributed by atoms with E-state index < -0.39 is 11.1 Å². The Morgan fingerprint density at radius 2 is 1.92 bits per heavy atom. The Morgan fingerprint density at radius 3 is 2.46 bits per heavy atom. The van der Waals surface area contributed by atoms with Gasteiger partial charge < -0.3 is 20.5 Å². The molecule has 0 aliphatic carbocycles. The van der Waals surface area contributed by atoms with Gasteiger partial charge in [0.25, 0.3) is 0 Å². The molecule has 0 spiro atoms. The lowest BCUT2D eigenvalue weighted by molar-refractivity contribution is -0.139. The lowest BCUT2D eigenvalue weighted by Crippen LogP contribution is -2.60. The molecular formula is C18H26N2O4. The topological polar surface area (TPSA) is 90.7 Å².